The fourth-order valence-corrected chi connectivity index (χ4v) is 15.6. The predicted octanol–water partition coefficient (Wildman–Crippen LogP) is 13.1. The summed E-state index contributed by atoms with van der Waals surface area (Å²) in [5, 5.41) is 30.4. The monoisotopic (exact) mass is 1160 g/mol. The van der Waals surface area contributed by atoms with Gasteiger partial charge in [-0.15, -0.1) is 0 Å². The van der Waals surface area contributed by atoms with Crippen molar-refractivity contribution in [3.63, 3.8) is 0 Å². The van der Waals surface area contributed by atoms with Crippen molar-refractivity contribution < 1.29 is 58.1 Å². The second-order valence-corrected chi connectivity index (χ2v) is 28.2. The van der Waals surface area contributed by atoms with E-state index in [0.717, 1.165) is 30.5 Å². The van der Waals surface area contributed by atoms with Crippen LogP contribution in [0.15, 0.2) is 136 Å². The van der Waals surface area contributed by atoms with Crippen LogP contribution in [-0.4, -0.2) is 80.1 Å². The Morgan fingerprint density at radius 1 is 0.494 bits per heavy atom. The predicted molar refractivity (Wildman–Crippen MR) is 293 cm³/mol. The molecule has 0 radical (unpaired) electrons. The highest BCUT2D eigenvalue weighted by atomic mass is 35.5. The minimum atomic E-state index is -3.45. The molecule has 9 rings (SSSR count). The maximum absolute atomic E-state index is 13.9. The Kier molecular flexibility index (Phi) is 19.6. The van der Waals surface area contributed by atoms with Crippen LogP contribution in [0.25, 0.3) is 33.5 Å². The van der Waals surface area contributed by atoms with Gasteiger partial charge in [-0.2, -0.15) is 0 Å². The maximum Gasteiger partial charge on any atom is 0.178 e. The molecule has 1 aromatic heterocycles. The van der Waals surface area contributed by atoms with Gasteiger partial charge >= 0.3 is 0 Å². The fraction of sp³-hybridized carbons (Fsp3) is 0.397. The van der Waals surface area contributed by atoms with Gasteiger partial charge in [-0.3, -0.25) is 4.98 Å². The first-order chi connectivity index (χ1) is 36.2. The average molecular weight is 1160 g/mol. The number of hydrogen-bond donors (Lipinski definition) is 3. The van der Waals surface area contributed by atoms with E-state index in [2.05, 4.69) is 4.98 Å². The lowest BCUT2D eigenvalue weighted by atomic mass is 9.81. The van der Waals surface area contributed by atoms with Gasteiger partial charge < -0.3 is 15.3 Å². The number of sulfone groups is 3. The molecule has 0 amide bonds. The van der Waals surface area contributed by atoms with Gasteiger partial charge in [0.15, 0.2) is 29.5 Å². The van der Waals surface area contributed by atoms with Gasteiger partial charge in [0, 0.05) is 35.0 Å². The molecule has 6 aromatic rings. The third-order valence-electron chi connectivity index (χ3n) is 14.8. The number of aromatic nitrogens is 1. The van der Waals surface area contributed by atoms with E-state index in [1.54, 1.807) is 44.2 Å². The first-order valence-electron chi connectivity index (χ1n) is 25.5. The second-order valence-electron chi connectivity index (χ2n) is 21.2. The number of hydrogen-bond acceptors (Lipinski definition) is 10. The molecule has 0 saturated heterocycles. The van der Waals surface area contributed by atoms with Crippen LogP contribution in [0, 0.1) is 41.0 Å². The van der Waals surface area contributed by atoms with Gasteiger partial charge in [0.25, 0.3) is 0 Å². The Morgan fingerprint density at radius 3 is 1.17 bits per heavy atom. The summed E-state index contributed by atoms with van der Waals surface area (Å²) in [4.78, 5) is 4.89. The number of pyridine rings is 1. The summed E-state index contributed by atoms with van der Waals surface area (Å²) in [7, 11) is -10.2. The minimum absolute atomic E-state index is 0.0365. The molecule has 10 nitrogen and oxygen atoms in total. The number of halogens is 6. The second kappa shape index (κ2) is 25.2. The molecule has 3 aliphatic carbocycles. The molecule has 3 fully saturated rings. The molecule has 5 aromatic carbocycles. The Morgan fingerprint density at radius 2 is 0.831 bits per heavy atom. The number of aliphatic hydroxyl groups is 3. The van der Waals surface area contributed by atoms with Crippen molar-refractivity contribution in [1.29, 1.82) is 0 Å². The quantitative estimate of drug-likeness (QED) is 0.1000. The van der Waals surface area contributed by atoms with Crippen LogP contribution < -0.4 is 0 Å². The van der Waals surface area contributed by atoms with Crippen LogP contribution in [0.5, 0.6) is 0 Å². The number of benzene rings is 5. The molecule has 3 saturated carbocycles. The van der Waals surface area contributed by atoms with Crippen LogP contribution in [0.4, 0.5) is 17.6 Å². The molecular formula is C58H63Cl2F4NO9S3. The van der Waals surface area contributed by atoms with Crippen molar-refractivity contribution in [2.24, 2.45) is 17.8 Å². The van der Waals surface area contributed by atoms with Gasteiger partial charge in [0.05, 0.1) is 65.0 Å². The molecule has 3 N–H and O–H groups in total. The van der Waals surface area contributed by atoms with Gasteiger partial charge in [0.1, 0.15) is 23.3 Å². The summed E-state index contributed by atoms with van der Waals surface area (Å²) in [6.07, 6.45) is 9.26. The van der Waals surface area contributed by atoms with E-state index in [9.17, 15) is 58.1 Å². The zero-order valence-corrected chi connectivity index (χ0v) is 46.7. The number of aliphatic hydroxyl groups excluding tert-OH is 1. The lowest BCUT2D eigenvalue weighted by molar-refractivity contribution is 0.0104. The molecule has 0 atom stereocenters. The van der Waals surface area contributed by atoms with Crippen molar-refractivity contribution in [1.82, 2.24) is 4.98 Å². The van der Waals surface area contributed by atoms with Gasteiger partial charge in [-0.25, -0.2) is 42.8 Å². The minimum Gasteiger partial charge on any atom is -0.393 e. The summed E-state index contributed by atoms with van der Waals surface area (Å²) >= 11 is 12.0. The highest BCUT2D eigenvalue weighted by Gasteiger charge is 2.33. The molecule has 1 heterocycles. The molecule has 3 aliphatic rings. The molecule has 414 valence electrons. The van der Waals surface area contributed by atoms with E-state index in [0.29, 0.717) is 96.0 Å². The average Bonchev–Trinajstić information content (AvgIpc) is 3.37. The molecule has 0 spiro atoms. The Balaban J connectivity index is 0.000000168. The molecule has 0 bridgehead atoms. The first kappa shape index (κ1) is 59.9. The Bertz CT molecular complexity index is 3170. The summed E-state index contributed by atoms with van der Waals surface area (Å²) in [5.74, 6) is -2.28. The van der Waals surface area contributed by atoms with Crippen molar-refractivity contribution in [3.8, 4) is 33.5 Å². The van der Waals surface area contributed by atoms with E-state index in [1.807, 2.05) is 0 Å². The molecular weight excluding hydrogens is 1100 g/mol. The molecule has 77 heavy (non-hydrogen) atoms. The number of rotatable bonds is 12. The lowest BCUT2D eigenvalue weighted by Crippen LogP contribution is -2.32. The Labute approximate surface area is 459 Å². The van der Waals surface area contributed by atoms with E-state index < -0.39 is 64.0 Å². The summed E-state index contributed by atoms with van der Waals surface area (Å²) in [6, 6.07) is 26.8. The van der Waals surface area contributed by atoms with Crippen molar-refractivity contribution >= 4 is 52.7 Å². The lowest BCUT2D eigenvalue weighted by Gasteiger charge is -2.32. The largest absolute Gasteiger partial charge is 0.393 e. The van der Waals surface area contributed by atoms with E-state index in [4.69, 9.17) is 23.2 Å². The van der Waals surface area contributed by atoms with Crippen molar-refractivity contribution in [3.05, 3.63) is 155 Å². The normalized spacial score (nSPS) is 22.9. The smallest absolute Gasteiger partial charge is 0.178 e. The summed E-state index contributed by atoms with van der Waals surface area (Å²) in [5.41, 5.74) is 1.36. The zero-order valence-electron chi connectivity index (χ0n) is 42.7. The van der Waals surface area contributed by atoms with Crippen LogP contribution in [0.2, 0.25) is 10.0 Å². The van der Waals surface area contributed by atoms with Crippen LogP contribution in [0.3, 0.4) is 0 Å². The van der Waals surface area contributed by atoms with Crippen LogP contribution >= 0.6 is 23.2 Å². The molecule has 0 unspecified atom stereocenters. The van der Waals surface area contributed by atoms with Gasteiger partial charge in [0.2, 0.25) is 0 Å². The maximum atomic E-state index is 13.9. The topological polar surface area (TPSA) is 176 Å². The highest BCUT2D eigenvalue weighted by molar-refractivity contribution is 7.92. The van der Waals surface area contributed by atoms with Crippen LogP contribution in [0.1, 0.15) is 90.9 Å². The van der Waals surface area contributed by atoms with Crippen molar-refractivity contribution in [2.75, 3.05) is 17.3 Å². The van der Waals surface area contributed by atoms with E-state index >= 15 is 0 Å². The van der Waals surface area contributed by atoms with Crippen LogP contribution in [-0.2, 0) is 29.5 Å². The standard InChI is InChI=1S/2C20H22F2O3S.C18H19Cl2NO3S/c2*1-20(23)10-8-14(9-11-20)13-26(24,25)17-5-2-15(3-6-17)18-7-4-16(21)12-19(18)22;19-14-9-17(20)18(21-10-14)13-3-7-16(8-4-13)25(23,24)11-12-1-5-15(22)6-2-12/h2*2-7,12,14,23H,8-11,13H2,1H3;3-4,7-10,12,15,22H,1-2,5-6,11H2. The van der Waals surface area contributed by atoms with Gasteiger partial charge in [-0.1, -0.05) is 59.6 Å². The molecule has 19 heteroatoms. The fourth-order valence-electron chi connectivity index (χ4n) is 10.0. The summed E-state index contributed by atoms with van der Waals surface area (Å²) < 4.78 is 130. The Hall–Kier alpha value is -4.72. The van der Waals surface area contributed by atoms with E-state index in [-0.39, 0.29) is 62.0 Å². The summed E-state index contributed by atoms with van der Waals surface area (Å²) in [6.45, 7) is 3.57. The third kappa shape index (κ3) is 16.7. The SMILES string of the molecule is CC1(O)CCC(CS(=O)(=O)c2ccc(-c3ccc(F)cc3F)cc2)CC1.CC1(O)CCC(CS(=O)(=O)c2ccc(-c3ccc(F)cc3F)cc2)CC1.O=S(=O)(CC1CCC(O)CC1)c1ccc(-c2ncc(Cl)cc2Cl)cc1. The van der Waals surface area contributed by atoms with E-state index in [1.165, 1.54) is 79.0 Å². The number of nitrogens with zero attached hydrogens (tertiary/aromatic N) is 1. The zero-order chi connectivity index (χ0) is 55.9. The first-order valence-corrected chi connectivity index (χ1v) is 31.2. The third-order valence-corrected chi connectivity index (χ3v) is 20.9. The molecule has 0 aliphatic heterocycles. The van der Waals surface area contributed by atoms with Gasteiger partial charge in [-0.05, 0) is 187 Å². The highest BCUT2D eigenvalue weighted by Crippen LogP contribution is 2.37. The van der Waals surface area contributed by atoms with Crippen molar-refractivity contribution in [2.45, 2.75) is 123 Å².